The van der Waals surface area contributed by atoms with Gasteiger partial charge in [-0.15, -0.1) is 0 Å². The Morgan fingerprint density at radius 3 is 2.33 bits per heavy atom. The molecule has 1 heterocycles. The Hall–Kier alpha value is -0.710. The van der Waals surface area contributed by atoms with Crippen molar-refractivity contribution < 1.29 is 30.7 Å². The summed E-state index contributed by atoms with van der Waals surface area (Å²) in [7, 11) is -2.50. The van der Waals surface area contributed by atoms with Crippen molar-refractivity contribution in [3.05, 3.63) is 0 Å². The largest absolute Gasteiger partial charge is 0.348 e. The highest BCUT2D eigenvalue weighted by Gasteiger charge is 2.54. The lowest BCUT2D eigenvalue weighted by molar-refractivity contribution is -0.869. The van der Waals surface area contributed by atoms with Crippen LogP contribution in [-0.4, -0.2) is 81.8 Å². The molecule has 2 atom stereocenters. The number of amides is 1. The molecule has 10 heteroatoms. The van der Waals surface area contributed by atoms with Gasteiger partial charge in [-0.25, -0.2) is 8.42 Å². The Kier molecular flexibility index (Phi) is 4.79. The van der Waals surface area contributed by atoms with E-state index in [9.17, 15) is 26.2 Å². The van der Waals surface area contributed by atoms with Crippen molar-refractivity contribution in [2.45, 2.75) is 24.1 Å². The predicted molar refractivity (Wildman–Crippen MR) is 78.1 cm³/mol. The molecule has 0 radical (unpaired) electrons. The Labute approximate surface area is 125 Å². The molecule has 0 aliphatic carbocycles. The van der Waals surface area contributed by atoms with Crippen LogP contribution in [0.25, 0.3) is 0 Å². The van der Waals surface area contributed by atoms with Crippen molar-refractivity contribution in [1.82, 2.24) is 5.32 Å². The molecular formula is C11H23N2O6S2+. The molecule has 0 aromatic carbocycles. The third-order valence-corrected chi connectivity index (χ3v) is 6.93. The van der Waals surface area contributed by atoms with Gasteiger partial charge in [0.2, 0.25) is 5.91 Å². The first-order chi connectivity index (χ1) is 9.15. The highest BCUT2D eigenvalue weighted by Crippen LogP contribution is 2.28. The lowest BCUT2D eigenvalue weighted by Gasteiger charge is -2.30. The van der Waals surface area contributed by atoms with Gasteiger partial charge >= 0.3 is 0 Å². The van der Waals surface area contributed by atoms with Gasteiger partial charge in [-0.1, -0.05) is 0 Å². The average Bonchev–Trinajstić information content (AvgIpc) is 2.44. The summed E-state index contributed by atoms with van der Waals surface area (Å²) in [4.78, 5) is 11.9. The molecule has 1 aliphatic rings. The van der Waals surface area contributed by atoms with Crippen LogP contribution in [0, 0.1) is 0 Å². The maximum atomic E-state index is 11.9. The molecule has 0 saturated carbocycles. The summed E-state index contributed by atoms with van der Waals surface area (Å²) in [5.41, 5.74) is -1.51. The van der Waals surface area contributed by atoms with Crippen LogP contribution in [0.1, 0.15) is 13.3 Å². The fourth-order valence-electron chi connectivity index (χ4n) is 2.37. The van der Waals surface area contributed by atoms with Gasteiger partial charge < -0.3 is 9.80 Å². The number of nitrogens with zero attached hydrogens (tertiary/aromatic N) is 1. The van der Waals surface area contributed by atoms with Crippen LogP contribution >= 0.6 is 0 Å². The van der Waals surface area contributed by atoms with Gasteiger partial charge in [-0.05, 0) is 6.92 Å². The van der Waals surface area contributed by atoms with Crippen LogP contribution in [0.15, 0.2) is 0 Å². The van der Waals surface area contributed by atoms with Crippen LogP contribution in [0.5, 0.6) is 0 Å². The van der Waals surface area contributed by atoms with Gasteiger partial charge in [0.15, 0.2) is 9.84 Å². The van der Waals surface area contributed by atoms with Crippen molar-refractivity contribution in [1.29, 1.82) is 0 Å². The molecule has 0 aromatic rings. The molecule has 0 unspecified atom stereocenters. The van der Waals surface area contributed by atoms with Crippen molar-refractivity contribution >= 4 is 25.9 Å². The molecule has 8 nitrogen and oxygen atoms in total. The minimum Gasteiger partial charge on any atom is -0.348 e. The normalized spacial score (nSPS) is 29.3. The van der Waals surface area contributed by atoms with Crippen LogP contribution in [-0.2, 0) is 24.7 Å². The van der Waals surface area contributed by atoms with Gasteiger partial charge in [-0.3, -0.25) is 9.35 Å². The molecule has 1 saturated heterocycles. The van der Waals surface area contributed by atoms with Crippen LogP contribution in [0.3, 0.4) is 0 Å². The summed E-state index contributed by atoms with van der Waals surface area (Å²) in [5.74, 6) is -1.62. The number of rotatable bonds is 5. The maximum absolute atomic E-state index is 11.9. The Bertz CT molecular complexity index is 620. The van der Waals surface area contributed by atoms with E-state index in [-0.39, 0.29) is 6.42 Å². The topological polar surface area (TPSA) is 118 Å². The van der Waals surface area contributed by atoms with E-state index in [1.165, 1.54) is 6.92 Å². The maximum Gasteiger partial charge on any atom is 0.271 e. The average molecular weight is 343 g/mol. The zero-order valence-corrected chi connectivity index (χ0v) is 14.3. The minimum absolute atomic E-state index is 0.136. The van der Waals surface area contributed by atoms with E-state index in [0.29, 0.717) is 11.0 Å². The number of carbonyl (C=O) groups excluding carboxylic acids is 1. The first kappa shape index (κ1) is 18.3. The van der Waals surface area contributed by atoms with E-state index in [1.807, 2.05) is 21.1 Å². The Morgan fingerprint density at radius 2 is 1.90 bits per heavy atom. The standard InChI is InChI=1S/C11H22N2O6S2/c1-11(12-10(14)5-6-13(2,3)4)8-20(15,16)7-9(11)21(17,18)19/h9H,5-8H2,1-4H3,(H-,12,14,17,18,19)/p+1/t9-,11-/m0/s1. The van der Waals surface area contributed by atoms with E-state index < -0.39 is 48.2 Å². The van der Waals surface area contributed by atoms with Gasteiger partial charge in [0.05, 0.1) is 51.2 Å². The van der Waals surface area contributed by atoms with E-state index in [4.69, 9.17) is 0 Å². The van der Waals surface area contributed by atoms with Crippen molar-refractivity contribution in [2.24, 2.45) is 0 Å². The van der Waals surface area contributed by atoms with E-state index in [1.54, 1.807) is 0 Å². The van der Waals surface area contributed by atoms with E-state index in [2.05, 4.69) is 5.32 Å². The van der Waals surface area contributed by atoms with Crippen LogP contribution < -0.4 is 5.32 Å². The number of quaternary nitrogens is 1. The predicted octanol–water partition coefficient (Wildman–Crippen LogP) is -1.36. The second kappa shape index (κ2) is 5.49. The second-order valence-corrected chi connectivity index (χ2v) is 10.5. The minimum atomic E-state index is -4.57. The SMILES string of the molecule is C[C@]1(NC(=O)CC[N+](C)(C)C)CS(=O)(=O)C[C@@H]1S(=O)(=O)O. The van der Waals surface area contributed by atoms with Crippen molar-refractivity contribution in [2.75, 3.05) is 39.2 Å². The summed E-state index contributed by atoms with van der Waals surface area (Å²) in [6.07, 6.45) is 0.136. The Balaban J connectivity index is 2.90. The number of sulfone groups is 1. The van der Waals surface area contributed by atoms with E-state index in [0.717, 1.165) is 0 Å². The summed E-state index contributed by atoms with van der Waals surface area (Å²) in [6.45, 7) is 1.85. The lowest BCUT2D eigenvalue weighted by Crippen LogP contribution is -2.57. The Morgan fingerprint density at radius 1 is 1.38 bits per heavy atom. The van der Waals surface area contributed by atoms with Crippen LogP contribution in [0.2, 0.25) is 0 Å². The van der Waals surface area contributed by atoms with Crippen LogP contribution in [0.4, 0.5) is 0 Å². The van der Waals surface area contributed by atoms with Gasteiger partial charge in [-0.2, -0.15) is 8.42 Å². The van der Waals surface area contributed by atoms with Gasteiger partial charge in [0, 0.05) is 0 Å². The molecule has 0 spiro atoms. The molecule has 124 valence electrons. The first-order valence-electron chi connectivity index (χ1n) is 6.43. The third kappa shape index (κ3) is 5.20. The fourth-order valence-corrected chi connectivity index (χ4v) is 6.72. The smallest absolute Gasteiger partial charge is 0.271 e. The quantitative estimate of drug-likeness (QED) is 0.470. The summed E-state index contributed by atoms with van der Waals surface area (Å²) in [5, 5.41) is 0.934. The molecule has 1 aliphatic heterocycles. The monoisotopic (exact) mass is 343 g/mol. The first-order valence-corrected chi connectivity index (χ1v) is 9.75. The summed E-state index contributed by atoms with van der Waals surface area (Å²) in [6, 6.07) is 0. The molecule has 2 N–H and O–H groups in total. The van der Waals surface area contributed by atoms with Crippen molar-refractivity contribution in [3.63, 3.8) is 0 Å². The molecule has 1 rings (SSSR count). The number of carbonyl (C=O) groups is 1. The molecular weight excluding hydrogens is 320 g/mol. The number of hydrogen-bond acceptors (Lipinski definition) is 5. The second-order valence-electron chi connectivity index (χ2n) is 6.79. The number of hydrogen-bond donors (Lipinski definition) is 2. The zero-order chi connectivity index (χ0) is 16.7. The van der Waals surface area contributed by atoms with Crippen molar-refractivity contribution in [3.8, 4) is 0 Å². The lowest BCUT2D eigenvalue weighted by atomic mass is 10.0. The molecule has 0 aromatic heterocycles. The molecule has 1 fully saturated rings. The zero-order valence-electron chi connectivity index (χ0n) is 12.7. The van der Waals surface area contributed by atoms with Gasteiger partial charge in [0.25, 0.3) is 10.1 Å². The summed E-state index contributed by atoms with van der Waals surface area (Å²) < 4.78 is 55.8. The number of nitrogens with one attached hydrogen (secondary N) is 1. The molecule has 1 amide bonds. The highest BCUT2D eigenvalue weighted by molar-refractivity contribution is 7.94. The fraction of sp³-hybridized carbons (Fsp3) is 0.909. The summed E-state index contributed by atoms with van der Waals surface area (Å²) >= 11 is 0. The highest BCUT2D eigenvalue weighted by atomic mass is 32.2. The molecule has 0 bridgehead atoms. The molecule has 21 heavy (non-hydrogen) atoms. The third-order valence-electron chi connectivity index (χ3n) is 3.43. The van der Waals surface area contributed by atoms with E-state index >= 15 is 0 Å². The van der Waals surface area contributed by atoms with Gasteiger partial charge in [0.1, 0.15) is 5.25 Å².